The molecule has 0 bridgehead atoms. The van der Waals surface area contributed by atoms with E-state index in [0.717, 1.165) is 5.56 Å². The van der Waals surface area contributed by atoms with Crippen molar-refractivity contribution < 1.29 is 0 Å². The van der Waals surface area contributed by atoms with Crippen molar-refractivity contribution >= 4 is 5.69 Å². The summed E-state index contributed by atoms with van der Waals surface area (Å²) in [5, 5.41) is 17.8. The lowest BCUT2D eigenvalue weighted by Gasteiger charge is -2.08. The molecule has 0 spiro atoms. The molecule has 2 aromatic rings. The summed E-state index contributed by atoms with van der Waals surface area (Å²) in [5.41, 5.74) is 8.42. The average Bonchev–Trinajstić information content (AvgIpc) is 2.71. The fourth-order valence-corrected chi connectivity index (χ4v) is 1.61. The highest BCUT2D eigenvalue weighted by atomic mass is 15.1. The molecule has 0 amide bonds. The van der Waals surface area contributed by atoms with Crippen LogP contribution in [0.1, 0.15) is 17.0 Å². The summed E-state index contributed by atoms with van der Waals surface area (Å²) in [6.07, 6.45) is 1.43. The molecule has 5 heteroatoms. The van der Waals surface area contributed by atoms with Gasteiger partial charge in [-0.05, 0) is 24.6 Å². The van der Waals surface area contributed by atoms with Gasteiger partial charge in [0, 0.05) is 0 Å². The molecule has 0 aliphatic heterocycles. The molecule has 0 radical (unpaired) electrons. The first-order chi connectivity index (χ1) is 8.17. The van der Waals surface area contributed by atoms with Crippen molar-refractivity contribution in [1.82, 2.24) is 9.55 Å². The van der Waals surface area contributed by atoms with Crippen molar-refractivity contribution in [1.29, 1.82) is 10.5 Å². The fourth-order valence-electron chi connectivity index (χ4n) is 1.61. The van der Waals surface area contributed by atoms with Crippen molar-refractivity contribution in [3.05, 3.63) is 41.5 Å². The third-order valence-electron chi connectivity index (χ3n) is 2.42. The van der Waals surface area contributed by atoms with E-state index in [4.69, 9.17) is 16.3 Å². The van der Waals surface area contributed by atoms with Crippen LogP contribution in [0.4, 0.5) is 5.69 Å². The summed E-state index contributed by atoms with van der Waals surface area (Å²) in [6.45, 7) is 1.93. The summed E-state index contributed by atoms with van der Waals surface area (Å²) >= 11 is 0. The van der Waals surface area contributed by atoms with E-state index in [-0.39, 0.29) is 11.4 Å². The smallest absolute Gasteiger partial charge is 0.177 e. The second-order valence-electron chi connectivity index (χ2n) is 3.60. The number of imidazole rings is 1. The Kier molecular flexibility index (Phi) is 2.52. The monoisotopic (exact) mass is 223 g/mol. The maximum Gasteiger partial charge on any atom is 0.177 e. The summed E-state index contributed by atoms with van der Waals surface area (Å²) in [5.74, 6) is 0. The SMILES string of the molecule is Cc1ccc(-n2cnc(C#N)c2C#N)c(N)c1. The van der Waals surface area contributed by atoms with E-state index in [1.807, 2.05) is 31.2 Å². The minimum Gasteiger partial charge on any atom is -0.397 e. The molecule has 1 heterocycles. The topological polar surface area (TPSA) is 91.4 Å². The molecule has 0 saturated carbocycles. The first-order valence-corrected chi connectivity index (χ1v) is 4.91. The predicted octanol–water partition coefficient (Wildman–Crippen LogP) is 1.51. The summed E-state index contributed by atoms with van der Waals surface area (Å²) < 4.78 is 1.52. The van der Waals surface area contributed by atoms with E-state index < -0.39 is 0 Å². The van der Waals surface area contributed by atoms with Crippen LogP contribution in [0.3, 0.4) is 0 Å². The standard InChI is InChI=1S/C12H9N5/c1-8-2-3-11(9(15)4-8)17-7-16-10(5-13)12(17)6-14/h2-4,7H,15H2,1H3. The number of nitrogens with zero attached hydrogens (tertiary/aromatic N) is 4. The van der Waals surface area contributed by atoms with Gasteiger partial charge >= 0.3 is 0 Å². The van der Waals surface area contributed by atoms with Gasteiger partial charge in [-0.25, -0.2) is 4.98 Å². The van der Waals surface area contributed by atoms with Gasteiger partial charge in [-0.3, -0.25) is 4.57 Å². The molecule has 1 aromatic heterocycles. The maximum absolute atomic E-state index is 9.02. The van der Waals surface area contributed by atoms with Crippen LogP contribution in [0, 0.1) is 29.6 Å². The number of anilines is 1. The molecule has 0 saturated heterocycles. The van der Waals surface area contributed by atoms with Gasteiger partial charge < -0.3 is 5.73 Å². The summed E-state index contributed by atoms with van der Waals surface area (Å²) in [6, 6.07) is 9.33. The van der Waals surface area contributed by atoms with E-state index in [2.05, 4.69) is 4.98 Å². The molecule has 17 heavy (non-hydrogen) atoms. The molecule has 82 valence electrons. The largest absolute Gasteiger partial charge is 0.397 e. The van der Waals surface area contributed by atoms with Crippen molar-refractivity contribution in [2.24, 2.45) is 0 Å². The normalized spacial score (nSPS) is 9.59. The van der Waals surface area contributed by atoms with Crippen LogP contribution in [0.15, 0.2) is 24.5 Å². The van der Waals surface area contributed by atoms with Gasteiger partial charge in [0.2, 0.25) is 0 Å². The minimum absolute atomic E-state index is 0.104. The van der Waals surface area contributed by atoms with Crippen molar-refractivity contribution in [2.75, 3.05) is 5.73 Å². The average molecular weight is 223 g/mol. The predicted molar refractivity (Wildman–Crippen MR) is 62.1 cm³/mol. The number of hydrogen-bond donors (Lipinski definition) is 1. The molecular weight excluding hydrogens is 214 g/mol. The van der Waals surface area contributed by atoms with Gasteiger partial charge in [-0.2, -0.15) is 10.5 Å². The van der Waals surface area contributed by atoms with Crippen molar-refractivity contribution in [3.8, 4) is 17.8 Å². The first-order valence-electron chi connectivity index (χ1n) is 4.91. The van der Waals surface area contributed by atoms with Crippen LogP contribution in [0.2, 0.25) is 0 Å². The minimum atomic E-state index is 0.104. The van der Waals surface area contributed by atoms with E-state index in [1.165, 1.54) is 10.9 Å². The molecule has 1 aromatic carbocycles. The number of nitriles is 2. The highest BCUT2D eigenvalue weighted by Gasteiger charge is 2.12. The molecule has 0 atom stereocenters. The molecular formula is C12H9N5. The second kappa shape index (κ2) is 3.99. The lowest BCUT2D eigenvalue weighted by molar-refractivity contribution is 1.04. The number of aromatic nitrogens is 2. The lowest BCUT2D eigenvalue weighted by atomic mass is 10.2. The van der Waals surface area contributed by atoms with Gasteiger partial charge in [0.1, 0.15) is 18.5 Å². The Balaban J connectivity index is 2.66. The fraction of sp³-hybridized carbons (Fsp3) is 0.0833. The molecule has 5 nitrogen and oxygen atoms in total. The van der Waals surface area contributed by atoms with Gasteiger partial charge in [0.05, 0.1) is 11.4 Å². The van der Waals surface area contributed by atoms with Crippen LogP contribution in [0.25, 0.3) is 5.69 Å². The van der Waals surface area contributed by atoms with Gasteiger partial charge in [-0.1, -0.05) is 6.07 Å². The van der Waals surface area contributed by atoms with E-state index >= 15 is 0 Å². The highest BCUT2D eigenvalue weighted by molar-refractivity contribution is 5.61. The highest BCUT2D eigenvalue weighted by Crippen LogP contribution is 2.21. The number of benzene rings is 1. The third kappa shape index (κ3) is 1.70. The van der Waals surface area contributed by atoms with Crippen LogP contribution < -0.4 is 5.73 Å². The van der Waals surface area contributed by atoms with Crippen LogP contribution in [0.5, 0.6) is 0 Å². The van der Waals surface area contributed by atoms with Crippen molar-refractivity contribution in [2.45, 2.75) is 6.92 Å². The van der Waals surface area contributed by atoms with Crippen LogP contribution in [-0.4, -0.2) is 9.55 Å². The Morgan fingerprint density at radius 1 is 1.29 bits per heavy atom. The van der Waals surface area contributed by atoms with Crippen LogP contribution in [-0.2, 0) is 0 Å². The summed E-state index contributed by atoms with van der Waals surface area (Å²) in [4.78, 5) is 3.87. The second-order valence-corrected chi connectivity index (χ2v) is 3.60. The zero-order valence-electron chi connectivity index (χ0n) is 9.18. The quantitative estimate of drug-likeness (QED) is 0.741. The maximum atomic E-state index is 9.02. The molecule has 0 aliphatic carbocycles. The Hall–Kier alpha value is -2.79. The number of rotatable bonds is 1. The zero-order valence-corrected chi connectivity index (χ0v) is 9.18. The van der Waals surface area contributed by atoms with Gasteiger partial charge in [-0.15, -0.1) is 0 Å². The van der Waals surface area contributed by atoms with Gasteiger partial charge in [0.15, 0.2) is 11.4 Å². The molecule has 0 unspecified atom stereocenters. The Morgan fingerprint density at radius 3 is 2.65 bits per heavy atom. The number of aryl methyl sites for hydroxylation is 1. The molecule has 0 fully saturated rings. The Labute approximate surface area is 98.3 Å². The molecule has 0 aliphatic rings. The van der Waals surface area contributed by atoms with Gasteiger partial charge in [0.25, 0.3) is 0 Å². The van der Waals surface area contributed by atoms with E-state index in [9.17, 15) is 0 Å². The molecule has 2 rings (SSSR count). The summed E-state index contributed by atoms with van der Waals surface area (Å²) in [7, 11) is 0. The van der Waals surface area contributed by atoms with Crippen LogP contribution >= 0.6 is 0 Å². The number of hydrogen-bond acceptors (Lipinski definition) is 4. The van der Waals surface area contributed by atoms with E-state index in [0.29, 0.717) is 11.4 Å². The molecule has 2 N–H and O–H groups in total. The Bertz CT molecular complexity index is 655. The first kappa shape index (κ1) is 10.7. The van der Waals surface area contributed by atoms with E-state index in [1.54, 1.807) is 6.07 Å². The number of nitrogen functional groups attached to an aromatic ring is 1. The van der Waals surface area contributed by atoms with Crippen molar-refractivity contribution in [3.63, 3.8) is 0 Å². The lowest BCUT2D eigenvalue weighted by Crippen LogP contribution is -2.01. The zero-order chi connectivity index (χ0) is 12.4. The Morgan fingerprint density at radius 2 is 2.06 bits per heavy atom. The number of nitrogens with two attached hydrogens (primary N) is 1. The third-order valence-corrected chi connectivity index (χ3v) is 2.42.